The lowest BCUT2D eigenvalue weighted by Crippen LogP contribution is -2.11. The van der Waals surface area contributed by atoms with Crippen LogP contribution >= 0.6 is 0 Å². The molecule has 0 spiro atoms. The molecule has 4 aromatic rings. The average Bonchev–Trinajstić information content (AvgIpc) is 3.26. The minimum absolute atomic E-state index is 0.0377. The number of nitrogens with zero attached hydrogens (tertiary/aromatic N) is 5. The number of nitrogen functional groups attached to an aromatic ring is 1. The minimum atomic E-state index is -1.23. The third-order valence-corrected chi connectivity index (χ3v) is 4.40. The molecule has 2 N–H and O–H groups in total. The molecule has 0 unspecified atom stereocenters. The lowest BCUT2D eigenvalue weighted by atomic mass is 10.1. The van der Waals surface area contributed by atoms with Crippen LogP contribution in [-0.2, 0) is 0 Å². The highest BCUT2D eigenvalue weighted by Gasteiger charge is 2.19. The van der Waals surface area contributed by atoms with E-state index in [4.69, 9.17) is 10.5 Å². The topological polar surface area (TPSA) is 91.7 Å². The molecule has 10 heteroatoms. The van der Waals surface area contributed by atoms with Crippen LogP contribution in [0.25, 0.3) is 16.8 Å². The van der Waals surface area contributed by atoms with Crippen molar-refractivity contribution in [1.82, 2.24) is 25.0 Å². The Kier molecular flexibility index (Phi) is 5.05. The van der Waals surface area contributed by atoms with Gasteiger partial charge in [-0.25, -0.2) is 18.7 Å². The number of anilines is 1. The van der Waals surface area contributed by atoms with Crippen molar-refractivity contribution in [3.8, 4) is 22.6 Å². The number of nitrogens with two attached hydrogens (primary N) is 1. The molecule has 152 valence electrons. The van der Waals surface area contributed by atoms with Gasteiger partial charge in [-0.2, -0.15) is 19.4 Å². The highest BCUT2D eigenvalue weighted by Crippen LogP contribution is 2.33. The Bertz CT molecular complexity index is 1200. The number of halogens is 3. The second-order valence-corrected chi connectivity index (χ2v) is 6.35. The van der Waals surface area contributed by atoms with Gasteiger partial charge in [-0.15, -0.1) is 0 Å². The smallest absolute Gasteiger partial charge is 0.249 e. The van der Waals surface area contributed by atoms with Crippen molar-refractivity contribution in [1.29, 1.82) is 0 Å². The fourth-order valence-corrected chi connectivity index (χ4v) is 2.97. The first-order valence-corrected chi connectivity index (χ1v) is 8.82. The second-order valence-electron chi connectivity index (χ2n) is 6.35. The molecule has 0 amide bonds. The fourth-order valence-electron chi connectivity index (χ4n) is 2.97. The van der Waals surface area contributed by atoms with Crippen LogP contribution in [0, 0.1) is 17.6 Å². The highest BCUT2D eigenvalue weighted by atomic mass is 19.2. The van der Waals surface area contributed by atoms with Gasteiger partial charge in [0.05, 0.1) is 18.1 Å². The summed E-state index contributed by atoms with van der Waals surface area (Å²) in [5.74, 6) is -2.64. The minimum Gasteiger partial charge on any atom is -0.482 e. The molecule has 30 heavy (non-hydrogen) atoms. The molecule has 1 aromatic carbocycles. The van der Waals surface area contributed by atoms with Crippen LogP contribution in [0.1, 0.15) is 18.6 Å². The van der Waals surface area contributed by atoms with Gasteiger partial charge in [0.25, 0.3) is 0 Å². The van der Waals surface area contributed by atoms with Gasteiger partial charge in [-0.3, -0.25) is 0 Å². The van der Waals surface area contributed by atoms with Gasteiger partial charge in [-0.1, -0.05) is 0 Å². The Balaban J connectivity index is 1.70. The monoisotopic (exact) mass is 412 g/mol. The van der Waals surface area contributed by atoms with Gasteiger partial charge in [-0.05, 0) is 37.3 Å². The molecule has 4 rings (SSSR count). The normalized spacial score (nSPS) is 12.0. The predicted molar refractivity (Wildman–Crippen MR) is 102 cm³/mol. The Morgan fingerprint density at radius 2 is 1.77 bits per heavy atom. The third-order valence-electron chi connectivity index (χ3n) is 4.40. The van der Waals surface area contributed by atoms with Crippen molar-refractivity contribution in [2.75, 3.05) is 5.73 Å². The van der Waals surface area contributed by atoms with Gasteiger partial charge < -0.3 is 10.5 Å². The van der Waals surface area contributed by atoms with Gasteiger partial charge >= 0.3 is 0 Å². The zero-order valence-electron chi connectivity index (χ0n) is 15.6. The summed E-state index contributed by atoms with van der Waals surface area (Å²) in [7, 11) is 0. The SMILES string of the molecule is C[C@@H](Oc1cc(-c2ccnc(F)c2F)cnc1N)c1cc(F)ccc1-n1nccn1. The van der Waals surface area contributed by atoms with Crippen molar-refractivity contribution >= 4 is 5.82 Å². The van der Waals surface area contributed by atoms with Crippen LogP contribution in [0.5, 0.6) is 5.75 Å². The first-order valence-electron chi connectivity index (χ1n) is 8.82. The molecular formula is C20H15F3N6O. The summed E-state index contributed by atoms with van der Waals surface area (Å²) in [6, 6.07) is 6.85. The summed E-state index contributed by atoms with van der Waals surface area (Å²) in [4.78, 5) is 8.60. The molecule has 0 saturated carbocycles. The molecule has 3 heterocycles. The van der Waals surface area contributed by atoms with Gasteiger partial charge in [0.15, 0.2) is 17.4 Å². The molecule has 0 aliphatic carbocycles. The molecule has 3 aromatic heterocycles. The standard InChI is InChI=1S/C20H15F3N6O/c1-11(15-9-13(21)2-3-16(15)29-27-6-7-28-29)30-17-8-12(10-26-20(17)24)14-4-5-25-19(23)18(14)22/h2-11H,1H3,(H2,24,26)/t11-/m1/s1. The summed E-state index contributed by atoms with van der Waals surface area (Å²) in [6.45, 7) is 1.68. The molecule has 0 fully saturated rings. The zero-order chi connectivity index (χ0) is 21.3. The predicted octanol–water partition coefficient (Wildman–Crippen LogP) is 3.86. The molecule has 0 aliphatic heterocycles. The van der Waals surface area contributed by atoms with Crippen LogP contribution in [0.3, 0.4) is 0 Å². The third kappa shape index (κ3) is 3.66. The van der Waals surface area contributed by atoms with Crippen molar-refractivity contribution in [3.05, 3.63) is 78.3 Å². The summed E-state index contributed by atoms with van der Waals surface area (Å²) >= 11 is 0. The largest absolute Gasteiger partial charge is 0.482 e. The molecule has 0 radical (unpaired) electrons. The highest BCUT2D eigenvalue weighted by molar-refractivity contribution is 5.67. The lowest BCUT2D eigenvalue weighted by Gasteiger charge is -2.19. The molecule has 0 aliphatic rings. The molecule has 1 atom stereocenters. The number of rotatable bonds is 5. The molecule has 7 nitrogen and oxygen atoms in total. The number of benzene rings is 1. The van der Waals surface area contributed by atoms with Crippen molar-refractivity contribution in [2.45, 2.75) is 13.0 Å². The van der Waals surface area contributed by atoms with E-state index in [2.05, 4.69) is 20.2 Å². The van der Waals surface area contributed by atoms with E-state index in [0.717, 1.165) is 6.20 Å². The maximum Gasteiger partial charge on any atom is 0.249 e. The average molecular weight is 412 g/mol. The van der Waals surface area contributed by atoms with Crippen LogP contribution in [0.4, 0.5) is 19.0 Å². The van der Waals surface area contributed by atoms with Crippen LogP contribution in [0.15, 0.2) is 55.1 Å². The van der Waals surface area contributed by atoms with Gasteiger partial charge in [0.1, 0.15) is 11.9 Å². The van der Waals surface area contributed by atoms with Crippen molar-refractivity contribution in [2.24, 2.45) is 0 Å². The van der Waals surface area contributed by atoms with Gasteiger partial charge in [0.2, 0.25) is 5.95 Å². The van der Waals surface area contributed by atoms with Crippen LogP contribution in [-0.4, -0.2) is 25.0 Å². The summed E-state index contributed by atoms with van der Waals surface area (Å²) in [6.07, 6.45) is 4.73. The van der Waals surface area contributed by atoms with Crippen LogP contribution in [0.2, 0.25) is 0 Å². The summed E-state index contributed by atoms with van der Waals surface area (Å²) in [5, 5.41) is 8.13. The van der Waals surface area contributed by atoms with E-state index < -0.39 is 23.7 Å². The number of aromatic nitrogens is 5. The van der Waals surface area contributed by atoms with Crippen molar-refractivity contribution < 1.29 is 17.9 Å². The Hall–Kier alpha value is -3.95. The van der Waals surface area contributed by atoms with Gasteiger partial charge in [0, 0.05) is 29.1 Å². The molecule has 0 saturated heterocycles. The number of pyridine rings is 2. The zero-order valence-corrected chi connectivity index (χ0v) is 15.6. The van der Waals surface area contributed by atoms with E-state index in [1.165, 1.54) is 53.7 Å². The maximum absolute atomic E-state index is 14.1. The quantitative estimate of drug-likeness (QED) is 0.501. The van der Waals surface area contributed by atoms with Crippen LogP contribution < -0.4 is 10.5 Å². The first kappa shape index (κ1) is 19.4. The Labute approximate surface area is 169 Å². The van der Waals surface area contributed by atoms with E-state index >= 15 is 0 Å². The summed E-state index contributed by atoms with van der Waals surface area (Å²) in [5.41, 5.74) is 7.08. The number of hydrogen-bond acceptors (Lipinski definition) is 6. The number of ether oxygens (including phenoxy) is 1. The molecular weight excluding hydrogens is 397 g/mol. The van der Waals surface area contributed by atoms with E-state index in [-0.39, 0.29) is 22.7 Å². The first-order chi connectivity index (χ1) is 14.4. The van der Waals surface area contributed by atoms with E-state index in [9.17, 15) is 13.2 Å². The fraction of sp³-hybridized carbons (Fsp3) is 0.100. The van der Waals surface area contributed by atoms with E-state index in [1.54, 1.807) is 6.92 Å². The molecule has 0 bridgehead atoms. The number of hydrogen-bond donors (Lipinski definition) is 1. The van der Waals surface area contributed by atoms with E-state index in [0.29, 0.717) is 11.3 Å². The van der Waals surface area contributed by atoms with E-state index in [1.807, 2.05) is 0 Å². The maximum atomic E-state index is 14.1. The lowest BCUT2D eigenvalue weighted by molar-refractivity contribution is 0.226. The Morgan fingerprint density at radius 1 is 1.00 bits per heavy atom. The van der Waals surface area contributed by atoms with Crippen molar-refractivity contribution in [3.63, 3.8) is 0 Å². The second kappa shape index (κ2) is 7.82. The summed E-state index contributed by atoms with van der Waals surface area (Å²) < 4.78 is 47.4. The Morgan fingerprint density at radius 3 is 2.53 bits per heavy atom.